The molecule has 0 radical (unpaired) electrons. The minimum Gasteiger partial charge on any atom is -0.335 e. The van der Waals surface area contributed by atoms with E-state index in [4.69, 9.17) is 5.73 Å². The van der Waals surface area contributed by atoms with E-state index in [1.807, 2.05) is 10.8 Å². The van der Waals surface area contributed by atoms with Gasteiger partial charge in [0.05, 0.1) is 6.33 Å². The monoisotopic (exact) mass is 260 g/mol. The Bertz CT molecular complexity index is 523. The van der Waals surface area contributed by atoms with Crippen LogP contribution in [-0.2, 0) is 6.54 Å². The first-order valence-corrected chi connectivity index (χ1v) is 7.01. The molecule has 0 atom stereocenters. The van der Waals surface area contributed by atoms with Gasteiger partial charge in [0, 0.05) is 25.2 Å². The molecular formula is C13H20N6. The van der Waals surface area contributed by atoms with Crippen LogP contribution in [0.1, 0.15) is 43.8 Å². The molecule has 0 aliphatic heterocycles. The summed E-state index contributed by atoms with van der Waals surface area (Å²) in [5, 5.41) is 7.37. The molecular weight excluding hydrogens is 240 g/mol. The number of nitrogens with two attached hydrogens (primary N) is 1. The number of nitrogens with zero attached hydrogens (tertiary/aromatic N) is 4. The zero-order valence-electron chi connectivity index (χ0n) is 11.0. The lowest BCUT2D eigenvalue weighted by Crippen LogP contribution is -2.07. The van der Waals surface area contributed by atoms with E-state index in [1.165, 1.54) is 32.1 Å². The van der Waals surface area contributed by atoms with Crippen molar-refractivity contribution in [1.29, 1.82) is 0 Å². The van der Waals surface area contributed by atoms with Crippen LogP contribution in [0, 0.1) is 0 Å². The van der Waals surface area contributed by atoms with Crippen molar-refractivity contribution in [1.82, 2.24) is 24.7 Å². The van der Waals surface area contributed by atoms with E-state index < -0.39 is 0 Å². The predicted molar refractivity (Wildman–Crippen MR) is 72.5 cm³/mol. The maximum absolute atomic E-state index is 5.52. The van der Waals surface area contributed by atoms with Crippen LogP contribution >= 0.6 is 0 Å². The topological polar surface area (TPSA) is 85.4 Å². The molecule has 0 saturated heterocycles. The van der Waals surface area contributed by atoms with Gasteiger partial charge >= 0.3 is 0 Å². The molecule has 102 valence electrons. The first kappa shape index (κ1) is 12.3. The second kappa shape index (κ2) is 5.52. The van der Waals surface area contributed by atoms with Crippen molar-refractivity contribution in [3.05, 3.63) is 18.3 Å². The number of aromatic nitrogens is 5. The van der Waals surface area contributed by atoms with Crippen LogP contribution in [0.5, 0.6) is 0 Å². The fourth-order valence-corrected chi connectivity index (χ4v) is 2.69. The molecule has 1 aliphatic carbocycles. The highest BCUT2D eigenvalue weighted by atomic mass is 15.2. The summed E-state index contributed by atoms with van der Waals surface area (Å²) in [5.41, 5.74) is 6.34. The zero-order chi connectivity index (χ0) is 13.1. The summed E-state index contributed by atoms with van der Waals surface area (Å²) >= 11 is 0. The maximum Gasteiger partial charge on any atom is 0.201 e. The third kappa shape index (κ3) is 2.68. The van der Waals surface area contributed by atoms with Crippen LogP contribution in [0.2, 0.25) is 0 Å². The van der Waals surface area contributed by atoms with Crippen LogP contribution in [0.4, 0.5) is 0 Å². The molecule has 1 aliphatic rings. The number of nitrogens with one attached hydrogen (secondary N) is 1. The second-order valence-electron chi connectivity index (χ2n) is 5.16. The van der Waals surface area contributed by atoms with Gasteiger partial charge in [-0.25, -0.2) is 9.97 Å². The Morgan fingerprint density at radius 3 is 2.95 bits per heavy atom. The van der Waals surface area contributed by atoms with Gasteiger partial charge in [0.25, 0.3) is 0 Å². The van der Waals surface area contributed by atoms with Gasteiger partial charge in [0.1, 0.15) is 11.5 Å². The summed E-state index contributed by atoms with van der Waals surface area (Å²) in [5.74, 6) is 2.25. The summed E-state index contributed by atoms with van der Waals surface area (Å²) in [6.07, 6.45) is 10.1. The first-order chi connectivity index (χ1) is 9.36. The van der Waals surface area contributed by atoms with Gasteiger partial charge in [-0.1, -0.05) is 19.3 Å². The lowest BCUT2D eigenvalue weighted by atomic mass is 9.89. The number of H-pyrrole nitrogens is 1. The van der Waals surface area contributed by atoms with E-state index >= 15 is 0 Å². The van der Waals surface area contributed by atoms with Crippen molar-refractivity contribution in [3.63, 3.8) is 0 Å². The number of imidazole rings is 1. The normalized spacial score (nSPS) is 16.9. The minimum atomic E-state index is 0.543. The molecule has 0 aromatic carbocycles. The van der Waals surface area contributed by atoms with E-state index in [-0.39, 0.29) is 0 Å². The van der Waals surface area contributed by atoms with Crippen LogP contribution in [0.3, 0.4) is 0 Å². The van der Waals surface area contributed by atoms with Crippen LogP contribution in [0.25, 0.3) is 11.5 Å². The number of hydrogen-bond donors (Lipinski definition) is 2. The lowest BCUT2D eigenvalue weighted by Gasteiger charge is -2.18. The van der Waals surface area contributed by atoms with E-state index in [9.17, 15) is 0 Å². The largest absolute Gasteiger partial charge is 0.335 e. The second-order valence-corrected chi connectivity index (χ2v) is 5.16. The average Bonchev–Trinajstić information content (AvgIpc) is 3.08. The summed E-state index contributed by atoms with van der Waals surface area (Å²) < 4.78 is 1.96. The smallest absolute Gasteiger partial charge is 0.201 e. The molecule has 2 aromatic heterocycles. The van der Waals surface area contributed by atoms with Crippen molar-refractivity contribution in [3.8, 4) is 11.5 Å². The highest BCUT2D eigenvalue weighted by Crippen LogP contribution is 2.31. The van der Waals surface area contributed by atoms with Crippen molar-refractivity contribution in [2.45, 2.75) is 44.6 Å². The molecule has 0 amide bonds. The Morgan fingerprint density at radius 2 is 2.16 bits per heavy atom. The molecule has 0 bridgehead atoms. The summed E-state index contributed by atoms with van der Waals surface area (Å²) in [7, 11) is 0. The van der Waals surface area contributed by atoms with Gasteiger partial charge < -0.3 is 10.3 Å². The van der Waals surface area contributed by atoms with Crippen LogP contribution in [-0.4, -0.2) is 31.3 Å². The average molecular weight is 260 g/mol. The molecule has 1 fully saturated rings. The fourth-order valence-electron chi connectivity index (χ4n) is 2.69. The number of hydrogen-bond acceptors (Lipinski definition) is 4. The third-order valence-electron chi connectivity index (χ3n) is 3.74. The van der Waals surface area contributed by atoms with E-state index in [0.717, 1.165) is 18.1 Å². The molecule has 6 nitrogen and oxygen atoms in total. The van der Waals surface area contributed by atoms with Crippen molar-refractivity contribution in [2.75, 3.05) is 6.54 Å². The standard InChI is InChI=1S/C13H20N6/c14-6-7-19-8-11(15-9-19)13-16-12(17-18-13)10-4-2-1-3-5-10/h8-10H,1-7,14H2,(H,16,17,18). The Balaban J connectivity index is 1.75. The van der Waals surface area contributed by atoms with Crippen molar-refractivity contribution >= 4 is 0 Å². The molecule has 3 N–H and O–H groups in total. The lowest BCUT2D eigenvalue weighted by molar-refractivity contribution is 0.429. The van der Waals surface area contributed by atoms with Crippen LogP contribution < -0.4 is 5.73 Å². The van der Waals surface area contributed by atoms with Crippen molar-refractivity contribution in [2.24, 2.45) is 5.73 Å². The molecule has 3 rings (SSSR count). The van der Waals surface area contributed by atoms with Gasteiger partial charge in [0.15, 0.2) is 0 Å². The van der Waals surface area contributed by atoms with Crippen LogP contribution in [0.15, 0.2) is 12.5 Å². The van der Waals surface area contributed by atoms with Crippen molar-refractivity contribution < 1.29 is 0 Å². The molecule has 2 aromatic rings. The third-order valence-corrected chi connectivity index (χ3v) is 3.74. The van der Waals surface area contributed by atoms with Gasteiger partial charge in [0.2, 0.25) is 5.82 Å². The quantitative estimate of drug-likeness (QED) is 0.875. The maximum atomic E-state index is 5.52. The van der Waals surface area contributed by atoms with Gasteiger partial charge in [-0.15, -0.1) is 0 Å². The number of rotatable bonds is 4. The Hall–Kier alpha value is -1.69. The predicted octanol–water partition coefficient (Wildman–Crippen LogP) is 1.67. The molecule has 0 spiro atoms. The van der Waals surface area contributed by atoms with Gasteiger partial charge in [-0.3, -0.25) is 5.10 Å². The SMILES string of the molecule is NCCn1cnc(-c2n[nH]c(C3CCCCC3)n2)c1. The van der Waals surface area contributed by atoms with E-state index in [0.29, 0.717) is 18.3 Å². The van der Waals surface area contributed by atoms with Gasteiger partial charge in [-0.05, 0) is 12.8 Å². The first-order valence-electron chi connectivity index (χ1n) is 7.01. The summed E-state index contributed by atoms with van der Waals surface area (Å²) in [4.78, 5) is 8.93. The summed E-state index contributed by atoms with van der Waals surface area (Å²) in [6.45, 7) is 1.38. The molecule has 6 heteroatoms. The van der Waals surface area contributed by atoms with Gasteiger partial charge in [-0.2, -0.15) is 5.10 Å². The Morgan fingerprint density at radius 1 is 1.32 bits per heavy atom. The zero-order valence-corrected chi connectivity index (χ0v) is 11.0. The molecule has 1 saturated carbocycles. The fraction of sp³-hybridized carbons (Fsp3) is 0.615. The summed E-state index contributed by atoms with van der Waals surface area (Å²) in [6, 6.07) is 0. The Kier molecular flexibility index (Phi) is 3.59. The number of aromatic amines is 1. The minimum absolute atomic E-state index is 0.543. The Labute approximate surface area is 112 Å². The molecule has 2 heterocycles. The molecule has 0 unspecified atom stereocenters. The highest BCUT2D eigenvalue weighted by molar-refractivity contribution is 5.46. The molecule has 19 heavy (non-hydrogen) atoms. The van der Waals surface area contributed by atoms with E-state index in [1.54, 1.807) is 6.33 Å². The van der Waals surface area contributed by atoms with E-state index in [2.05, 4.69) is 20.2 Å². The highest BCUT2D eigenvalue weighted by Gasteiger charge is 2.20.